The van der Waals surface area contributed by atoms with E-state index in [1.165, 1.54) is 141 Å². The van der Waals surface area contributed by atoms with E-state index in [1.54, 1.807) is 0 Å². The van der Waals surface area contributed by atoms with Crippen molar-refractivity contribution in [2.45, 2.75) is 258 Å². The zero-order valence-corrected chi connectivity index (χ0v) is 35.6. The first-order valence-electron chi connectivity index (χ1n) is 23.2. The van der Waals surface area contributed by atoms with Crippen molar-refractivity contribution in [3.63, 3.8) is 0 Å². The number of ether oxygens (including phenoxy) is 3. The molecule has 0 aliphatic rings. The summed E-state index contributed by atoms with van der Waals surface area (Å²) in [4.78, 5) is 37.7. The van der Waals surface area contributed by atoms with Crippen LogP contribution < -0.4 is 0 Å². The van der Waals surface area contributed by atoms with Crippen molar-refractivity contribution < 1.29 is 28.6 Å². The fourth-order valence-corrected chi connectivity index (χ4v) is 6.74. The van der Waals surface area contributed by atoms with Crippen LogP contribution in [0.15, 0.2) is 12.2 Å². The van der Waals surface area contributed by atoms with Gasteiger partial charge in [0, 0.05) is 19.3 Å². The summed E-state index contributed by atoms with van der Waals surface area (Å²) < 4.78 is 16.7. The van der Waals surface area contributed by atoms with Gasteiger partial charge in [-0.05, 0) is 38.5 Å². The third-order valence-corrected chi connectivity index (χ3v) is 10.3. The summed E-state index contributed by atoms with van der Waals surface area (Å²) in [6, 6.07) is 0. The number of rotatable bonds is 42. The summed E-state index contributed by atoms with van der Waals surface area (Å²) >= 11 is 0. The number of allylic oxidation sites excluding steroid dienone is 2. The van der Waals surface area contributed by atoms with Gasteiger partial charge in [-0.2, -0.15) is 0 Å². The Balaban J connectivity index is 4.33. The third-order valence-electron chi connectivity index (χ3n) is 10.3. The normalized spacial score (nSPS) is 12.0. The molecular formula is C47H88O6. The van der Waals surface area contributed by atoms with E-state index in [2.05, 4.69) is 32.9 Å². The minimum Gasteiger partial charge on any atom is -0.462 e. The highest BCUT2D eigenvalue weighted by Gasteiger charge is 2.19. The van der Waals surface area contributed by atoms with E-state index >= 15 is 0 Å². The van der Waals surface area contributed by atoms with Gasteiger partial charge < -0.3 is 14.2 Å². The molecule has 0 fully saturated rings. The van der Waals surface area contributed by atoms with Gasteiger partial charge in [0.2, 0.25) is 0 Å². The van der Waals surface area contributed by atoms with Crippen molar-refractivity contribution in [1.82, 2.24) is 0 Å². The Morgan fingerprint density at radius 1 is 0.358 bits per heavy atom. The first-order chi connectivity index (χ1) is 26.0. The fourth-order valence-electron chi connectivity index (χ4n) is 6.74. The Bertz CT molecular complexity index is 824. The van der Waals surface area contributed by atoms with Crippen molar-refractivity contribution >= 4 is 17.9 Å². The second-order valence-corrected chi connectivity index (χ2v) is 15.7. The van der Waals surface area contributed by atoms with Crippen molar-refractivity contribution in [2.24, 2.45) is 0 Å². The molecule has 53 heavy (non-hydrogen) atoms. The van der Waals surface area contributed by atoms with Crippen LogP contribution in [0.5, 0.6) is 0 Å². The van der Waals surface area contributed by atoms with Crippen LogP contribution in [0.4, 0.5) is 0 Å². The van der Waals surface area contributed by atoms with Gasteiger partial charge >= 0.3 is 17.9 Å². The highest BCUT2D eigenvalue weighted by atomic mass is 16.6. The second kappa shape index (κ2) is 42.9. The maximum absolute atomic E-state index is 12.7. The Labute approximate surface area is 329 Å². The van der Waals surface area contributed by atoms with E-state index in [0.29, 0.717) is 19.3 Å². The molecule has 0 N–H and O–H groups in total. The van der Waals surface area contributed by atoms with Crippen LogP contribution in [0.2, 0.25) is 0 Å². The number of carbonyl (C=O) groups is 3. The number of carbonyl (C=O) groups excluding carboxylic acids is 3. The molecule has 312 valence electrons. The molecule has 0 rings (SSSR count). The minimum atomic E-state index is -0.764. The van der Waals surface area contributed by atoms with Crippen molar-refractivity contribution in [2.75, 3.05) is 13.2 Å². The molecule has 0 saturated carbocycles. The number of unbranched alkanes of at least 4 members (excludes halogenated alkanes) is 29. The monoisotopic (exact) mass is 749 g/mol. The van der Waals surface area contributed by atoms with Gasteiger partial charge in [-0.3, -0.25) is 14.4 Å². The largest absolute Gasteiger partial charge is 0.462 e. The van der Waals surface area contributed by atoms with Crippen molar-refractivity contribution in [3.05, 3.63) is 12.2 Å². The molecule has 0 amide bonds. The van der Waals surface area contributed by atoms with E-state index in [-0.39, 0.29) is 31.1 Å². The summed E-state index contributed by atoms with van der Waals surface area (Å²) in [5, 5.41) is 0. The lowest BCUT2D eigenvalue weighted by Crippen LogP contribution is -2.30. The van der Waals surface area contributed by atoms with Crippen LogP contribution in [0.1, 0.15) is 252 Å². The van der Waals surface area contributed by atoms with Crippen molar-refractivity contribution in [1.29, 1.82) is 0 Å². The first-order valence-corrected chi connectivity index (χ1v) is 23.2. The molecule has 0 aromatic carbocycles. The molecule has 0 bridgehead atoms. The average Bonchev–Trinajstić information content (AvgIpc) is 3.15. The Hall–Kier alpha value is -1.85. The highest BCUT2D eigenvalue weighted by molar-refractivity contribution is 5.71. The molecule has 0 aliphatic heterocycles. The summed E-state index contributed by atoms with van der Waals surface area (Å²) in [5.74, 6) is -0.870. The molecule has 0 aromatic rings. The summed E-state index contributed by atoms with van der Waals surface area (Å²) in [6.07, 6.45) is 44.7. The van der Waals surface area contributed by atoms with Gasteiger partial charge in [0.25, 0.3) is 0 Å². The van der Waals surface area contributed by atoms with Crippen molar-refractivity contribution in [3.8, 4) is 0 Å². The predicted molar refractivity (Wildman–Crippen MR) is 224 cm³/mol. The smallest absolute Gasteiger partial charge is 0.306 e. The fraction of sp³-hybridized carbons (Fsp3) is 0.894. The number of hydrogen-bond donors (Lipinski definition) is 0. The van der Waals surface area contributed by atoms with Gasteiger partial charge in [-0.25, -0.2) is 0 Å². The molecule has 0 heterocycles. The van der Waals surface area contributed by atoms with Gasteiger partial charge in [0.1, 0.15) is 13.2 Å². The van der Waals surface area contributed by atoms with Crippen LogP contribution >= 0.6 is 0 Å². The lowest BCUT2D eigenvalue weighted by molar-refractivity contribution is -0.167. The minimum absolute atomic E-state index is 0.0680. The Morgan fingerprint density at radius 3 is 1.02 bits per heavy atom. The zero-order valence-electron chi connectivity index (χ0n) is 35.6. The standard InChI is InChI=1S/C47H88O6/c1-4-7-10-13-16-19-22-24-26-28-31-34-37-40-46(49)52-43-44(42-51-45(48)39-36-33-30-27-21-18-15-12-9-6-3)53-47(50)41-38-35-32-29-25-23-20-17-14-11-8-5-2/h12,15,44H,4-11,13-14,16-43H2,1-3H3/b15-12-. The van der Waals surface area contributed by atoms with E-state index in [4.69, 9.17) is 14.2 Å². The van der Waals surface area contributed by atoms with Gasteiger partial charge in [0.15, 0.2) is 6.10 Å². The van der Waals surface area contributed by atoms with E-state index in [9.17, 15) is 14.4 Å². The van der Waals surface area contributed by atoms with Crippen LogP contribution in [0.3, 0.4) is 0 Å². The number of esters is 3. The molecule has 1 unspecified atom stereocenters. The van der Waals surface area contributed by atoms with E-state index in [1.807, 2.05) is 0 Å². The maximum atomic E-state index is 12.7. The lowest BCUT2D eigenvalue weighted by Gasteiger charge is -2.18. The van der Waals surface area contributed by atoms with Crippen LogP contribution in [-0.4, -0.2) is 37.2 Å². The van der Waals surface area contributed by atoms with Crippen LogP contribution in [-0.2, 0) is 28.6 Å². The quantitative estimate of drug-likeness (QED) is 0.0268. The molecule has 6 nitrogen and oxygen atoms in total. The Morgan fingerprint density at radius 2 is 0.660 bits per heavy atom. The second-order valence-electron chi connectivity index (χ2n) is 15.7. The highest BCUT2D eigenvalue weighted by Crippen LogP contribution is 2.15. The van der Waals surface area contributed by atoms with E-state index < -0.39 is 6.10 Å². The van der Waals surface area contributed by atoms with Crippen LogP contribution in [0.25, 0.3) is 0 Å². The summed E-state index contributed by atoms with van der Waals surface area (Å²) in [6.45, 7) is 6.58. The molecule has 0 radical (unpaired) electrons. The molecule has 6 heteroatoms. The third kappa shape index (κ3) is 41.2. The summed E-state index contributed by atoms with van der Waals surface area (Å²) in [7, 11) is 0. The molecule has 0 aromatic heterocycles. The lowest BCUT2D eigenvalue weighted by atomic mass is 10.0. The summed E-state index contributed by atoms with van der Waals surface area (Å²) in [5.41, 5.74) is 0. The SMILES string of the molecule is CCC/C=C\CCCCCCCC(=O)OCC(COC(=O)CCCCCCCCCCCCCCC)OC(=O)CCCCCCCCCCCCCC. The van der Waals surface area contributed by atoms with Crippen LogP contribution in [0, 0.1) is 0 Å². The number of hydrogen-bond acceptors (Lipinski definition) is 6. The van der Waals surface area contributed by atoms with E-state index in [0.717, 1.165) is 70.6 Å². The first kappa shape index (κ1) is 51.1. The van der Waals surface area contributed by atoms with Gasteiger partial charge in [-0.15, -0.1) is 0 Å². The molecule has 0 aliphatic carbocycles. The average molecular weight is 749 g/mol. The van der Waals surface area contributed by atoms with Gasteiger partial charge in [0.05, 0.1) is 0 Å². The zero-order chi connectivity index (χ0) is 38.7. The molecule has 1 atom stereocenters. The predicted octanol–water partition coefficient (Wildman–Crippen LogP) is 14.6. The molecule has 0 spiro atoms. The molecular weight excluding hydrogens is 661 g/mol. The topological polar surface area (TPSA) is 78.9 Å². The Kier molecular flexibility index (Phi) is 41.4. The maximum Gasteiger partial charge on any atom is 0.306 e. The van der Waals surface area contributed by atoms with Gasteiger partial charge in [-0.1, -0.05) is 206 Å². The molecule has 0 saturated heterocycles.